The third-order valence-electron chi connectivity index (χ3n) is 4.24. The van der Waals surface area contributed by atoms with Gasteiger partial charge in [0.1, 0.15) is 5.75 Å². The number of terminal acetylenes is 1. The van der Waals surface area contributed by atoms with Gasteiger partial charge < -0.3 is 14.2 Å². The van der Waals surface area contributed by atoms with Gasteiger partial charge >= 0.3 is 12.2 Å². The normalized spacial score (nSPS) is 10.1. The average molecular weight is 424 g/mol. The molecule has 164 valence electrons. The van der Waals surface area contributed by atoms with Crippen molar-refractivity contribution in [3.05, 3.63) is 54.1 Å². The number of unbranched alkanes of at least 4 members (excludes halogenated alkanes) is 1. The van der Waals surface area contributed by atoms with Crippen LogP contribution in [0.2, 0.25) is 0 Å². The topological polar surface area (TPSA) is 77.1 Å². The number of nitrogens with zero attached hydrogens (tertiary/aromatic N) is 1. The van der Waals surface area contributed by atoms with Crippen molar-refractivity contribution >= 4 is 23.6 Å². The maximum absolute atomic E-state index is 12.9. The van der Waals surface area contributed by atoms with E-state index < -0.39 is 12.2 Å². The van der Waals surface area contributed by atoms with Crippen LogP contribution in [-0.2, 0) is 9.47 Å². The molecule has 0 aliphatic carbocycles. The molecular formula is C24H28N2O5. The number of hydrogen-bond donors (Lipinski definition) is 1. The molecule has 0 heterocycles. The molecule has 2 aromatic rings. The minimum Gasteiger partial charge on any atom is -0.436 e. The van der Waals surface area contributed by atoms with Crippen molar-refractivity contribution in [3.8, 4) is 18.1 Å². The van der Waals surface area contributed by atoms with E-state index in [2.05, 4.69) is 18.2 Å². The molecule has 0 aliphatic rings. The highest BCUT2D eigenvalue weighted by atomic mass is 16.6. The summed E-state index contributed by atoms with van der Waals surface area (Å²) >= 11 is 0. The Labute approximate surface area is 183 Å². The number of rotatable bonds is 10. The van der Waals surface area contributed by atoms with Crippen LogP contribution in [0.25, 0.3) is 0 Å². The van der Waals surface area contributed by atoms with E-state index in [0.717, 1.165) is 18.4 Å². The van der Waals surface area contributed by atoms with Crippen LogP contribution in [0.4, 0.5) is 21.0 Å². The molecule has 1 N–H and O–H groups in total. The van der Waals surface area contributed by atoms with Gasteiger partial charge in [0, 0.05) is 24.0 Å². The lowest BCUT2D eigenvalue weighted by molar-refractivity contribution is 0.135. The Morgan fingerprint density at radius 3 is 2.61 bits per heavy atom. The summed E-state index contributed by atoms with van der Waals surface area (Å²) in [6, 6.07) is 14.0. The molecule has 0 saturated heterocycles. The molecule has 0 radical (unpaired) electrons. The first-order valence-corrected chi connectivity index (χ1v) is 10.1. The molecule has 0 spiro atoms. The van der Waals surface area contributed by atoms with Crippen LogP contribution in [0, 0.1) is 19.3 Å². The predicted octanol–water partition coefficient (Wildman–Crippen LogP) is 5.00. The minimum absolute atomic E-state index is 0.133. The van der Waals surface area contributed by atoms with Gasteiger partial charge in [0.25, 0.3) is 0 Å². The Bertz CT molecular complexity index is 890. The molecule has 0 unspecified atom stereocenters. The first kappa shape index (κ1) is 23.8. The second kappa shape index (κ2) is 12.9. The summed E-state index contributed by atoms with van der Waals surface area (Å²) in [6.45, 7) is 5.33. The molecule has 0 fully saturated rings. The Balaban J connectivity index is 2.06. The van der Waals surface area contributed by atoms with E-state index in [1.54, 1.807) is 18.2 Å². The molecule has 0 atom stereocenters. The van der Waals surface area contributed by atoms with Crippen LogP contribution < -0.4 is 15.0 Å². The van der Waals surface area contributed by atoms with Gasteiger partial charge in [0.2, 0.25) is 0 Å². The van der Waals surface area contributed by atoms with Crippen LogP contribution in [0.5, 0.6) is 5.75 Å². The number of anilines is 2. The van der Waals surface area contributed by atoms with Crippen molar-refractivity contribution in [1.29, 1.82) is 0 Å². The highest BCUT2D eigenvalue weighted by Gasteiger charge is 2.18. The summed E-state index contributed by atoms with van der Waals surface area (Å²) in [7, 11) is 0. The van der Waals surface area contributed by atoms with E-state index in [1.807, 2.05) is 31.2 Å². The van der Waals surface area contributed by atoms with Crippen LogP contribution in [0.1, 0.15) is 25.3 Å². The molecule has 7 nitrogen and oxygen atoms in total. The Morgan fingerprint density at radius 2 is 1.90 bits per heavy atom. The van der Waals surface area contributed by atoms with Crippen molar-refractivity contribution in [2.24, 2.45) is 0 Å². The molecule has 0 bridgehead atoms. The van der Waals surface area contributed by atoms with Crippen LogP contribution in [0.3, 0.4) is 0 Å². The van der Waals surface area contributed by atoms with Gasteiger partial charge in [0.05, 0.1) is 13.2 Å². The van der Waals surface area contributed by atoms with Crippen LogP contribution in [-0.4, -0.2) is 38.6 Å². The number of hydrogen-bond acceptors (Lipinski definition) is 5. The van der Waals surface area contributed by atoms with E-state index in [-0.39, 0.29) is 12.4 Å². The third-order valence-corrected chi connectivity index (χ3v) is 4.24. The molecule has 0 aliphatic heterocycles. The number of carbonyl (C=O) groups excluding carboxylic acids is 2. The number of benzene rings is 2. The van der Waals surface area contributed by atoms with Crippen molar-refractivity contribution in [2.45, 2.75) is 26.7 Å². The monoisotopic (exact) mass is 424 g/mol. The Hall–Kier alpha value is -3.50. The Kier molecular flexibility index (Phi) is 9.92. The fraction of sp³-hybridized carbons (Fsp3) is 0.333. The van der Waals surface area contributed by atoms with Crippen molar-refractivity contribution in [3.63, 3.8) is 0 Å². The number of aryl methyl sites for hydroxylation is 1. The van der Waals surface area contributed by atoms with Gasteiger partial charge in [-0.2, -0.15) is 0 Å². The van der Waals surface area contributed by atoms with Crippen molar-refractivity contribution < 1.29 is 23.8 Å². The number of carbonyl (C=O) groups is 2. The Morgan fingerprint density at radius 1 is 1.13 bits per heavy atom. The maximum Gasteiger partial charge on any atom is 0.419 e. The zero-order chi connectivity index (χ0) is 22.5. The quantitative estimate of drug-likeness (QED) is 0.429. The summed E-state index contributed by atoms with van der Waals surface area (Å²) < 4.78 is 15.9. The molecule has 0 aromatic heterocycles. The van der Waals surface area contributed by atoms with Gasteiger partial charge in [0.15, 0.2) is 6.61 Å². The van der Waals surface area contributed by atoms with Gasteiger partial charge in [-0.3, -0.25) is 10.2 Å². The van der Waals surface area contributed by atoms with E-state index in [4.69, 9.17) is 20.6 Å². The van der Waals surface area contributed by atoms with Crippen LogP contribution >= 0.6 is 0 Å². The zero-order valence-electron chi connectivity index (χ0n) is 17.9. The number of ether oxygens (including phenoxy) is 3. The fourth-order valence-corrected chi connectivity index (χ4v) is 2.61. The molecule has 7 heteroatoms. The third kappa shape index (κ3) is 8.41. The number of amides is 2. The summed E-state index contributed by atoms with van der Waals surface area (Å²) in [5, 5.41) is 2.53. The van der Waals surface area contributed by atoms with E-state index in [9.17, 15) is 9.59 Å². The minimum atomic E-state index is -0.688. The van der Waals surface area contributed by atoms with Crippen LogP contribution in [0.15, 0.2) is 48.5 Å². The molecule has 2 amide bonds. The van der Waals surface area contributed by atoms with Gasteiger partial charge in [-0.15, -0.1) is 6.42 Å². The second-order valence-electron chi connectivity index (χ2n) is 6.75. The van der Waals surface area contributed by atoms with Gasteiger partial charge in [-0.05, 0) is 37.6 Å². The number of nitrogens with one attached hydrogen (secondary N) is 1. The van der Waals surface area contributed by atoms with E-state index in [0.29, 0.717) is 31.1 Å². The van der Waals surface area contributed by atoms with Crippen molar-refractivity contribution in [2.75, 3.05) is 36.6 Å². The summed E-state index contributed by atoms with van der Waals surface area (Å²) in [5.74, 6) is 2.49. The predicted molar refractivity (Wildman–Crippen MR) is 121 cm³/mol. The van der Waals surface area contributed by atoms with E-state index in [1.165, 1.54) is 11.0 Å². The maximum atomic E-state index is 12.9. The lowest BCUT2D eigenvalue weighted by Gasteiger charge is -2.22. The zero-order valence-corrected chi connectivity index (χ0v) is 17.9. The molecule has 2 aromatic carbocycles. The summed E-state index contributed by atoms with van der Waals surface area (Å²) in [5.41, 5.74) is 2.21. The standard InChI is InChI=1S/C24H28N2O5/c1-4-6-16-29-17-14-26(21-12-10-19(3)11-13-21)24(28)31-22-9-7-8-20(18-22)25-23(27)30-15-5-2/h2,7-13,18H,4,6,14-17H2,1,3H3,(H,25,27). The SMILES string of the molecule is C#CCOC(=O)Nc1cccc(OC(=O)N(CCOCCCC)c2ccc(C)cc2)c1. The first-order chi connectivity index (χ1) is 15.0. The van der Waals surface area contributed by atoms with Crippen molar-refractivity contribution in [1.82, 2.24) is 0 Å². The first-order valence-electron chi connectivity index (χ1n) is 10.1. The average Bonchev–Trinajstić information content (AvgIpc) is 2.76. The lowest BCUT2D eigenvalue weighted by atomic mass is 10.2. The highest BCUT2D eigenvalue weighted by molar-refractivity contribution is 5.89. The van der Waals surface area contributed by atoms with Gasteiger partial charge in [-0.1, -0.05) is 43.0 Å². The van der Waals surface area contributed by atoms with Gasteiger partial charge in [-0.25, -0.2) is 9.59 Å². The highest BCUT2D eigenvalue weighted by Crippen LogP contribution is 2.21. The molecule has 0 saturated carbocycles. The smallest absolute Gasteiger partial charge is 0.419 e. The second-order valence-corrected chi connectivity index (χ2v) is 6.75. The fourth-order valence-electron chi connectivity index (χ4n) is 2.61. The molecule has 31 heavy (non-hydrogen) atoms. The molecular weight excluding hydrogens is 396 g/mol. The largest absolute Gasteiger partial charge is 0.436 e. The summed E-state index contributed by atoms with van der Waals surface area (Å²) in [6.07, 6.45) is 5.85. The molecule has 2 rings (SSSR count). The van der Waals surface area contributed by atoms with E-state index >= 15 is 0 Å². The summed E-state index contributed by atoms with van der Waals surface area (Å²) in [4.78, 5) is 26.1. The lowest BCUT2D eigenvalue weighted by Crippen LogP contribution is -2.36.